The van der Waals surface area contributed by atoms with Crippen LogP contribution in [0, 0.1) is 0 Å². The van der Waals surface area contributed by atoms with Gasteiger partial charge < -0.3 is 14.7 Å². The Hall–Kier alpha value is -1.30. The molecule has 1 atom stereocenters. The van der Waals surface area contributed by atoms with Crippen molar-refractivity contribution in [2.24, 2.45) is 0 Å². The number of rotatable bonds is 7. The average Bonchev–Trinajstić information content (AvgIpc) is 2.34. The van der Waals surface area contributed by atoms with Crippen LogP contribution in [0.4, 0.5) is 0 Å². The van der Waals surface area contributed by atoms with Crippen molar-refractivity contribution in [2.75, 3.05) is 34.3 Å². The molecule has 0 saturated carbocycles. The molecule has 0 fully saturated rings. The Kier molecular flexibility index (Phi) is 6.08. The highest BCUT2D eigenvalue weighted by molar-refractivity contribution is 6.31. The van der Waals surface area contributed by atoms with E-state index in [4.69, 9.17) is 16.3 Å². The second-order valence-corrected chi connectivity index (χ2v) is 4.79. The first-order valence-electron chi connectivity index (χ1n) is 5.90. The molecule has 0 aliphatic rings. The molecular weight excluding hydrogens is 268 g/mol. The molecule has 0 aromatic heterocycles. The van der Waals surface area contributed by atoms with Crippen molar-refractivity contribution in [3.63, 3.8) is 0 Å². The summed E-state index contributed by atoms with van der Waals surface area (Å²) in [6.07, 6.45) is 0. The molecule has 5 nitrogen and oxygen atoms in total. The van der Waals surface area contributed by atoms with Gasteiger partial charge in [-0.1, -0.05) is 17.7 Å². The molecule has 0 radical (unpaired) electrons. The molecule has 1 unspecified atom stereocenters. The topological polar surface area (TPSA) is 61.8 Å². The van der Waals surface area contributed by atoms with Crippen LogP contribution < -0.4 is 10.1 Å². The Morgan fingerprint density at radius 3 is 2.74 bits per heavy atom. The molecule has 2 N–H and O–H groups in total. The Bertz CT molecular complexity index is 438. The van der Waals surface area contributed by atoms with Gasteiger partial charge in [-0.05, 0) is 26.2 Å². The number of carboxylic acid groups (broad SMARTS) is 1. The molecule has 1 aromatic carbocycles. The molecule has 0 spiro atoms. The largest absolute Gasteiger partial charge is 0.496 e. The van der Waals surface area contributed by atoms with Crippen molar-refractivity contribution < 1.29 is 14.6 Å². The summed E-state index contributed by atoms with van der Waals surface area (Å²) < 4.78 is 5.19. The second kappa shape index (κ2) is 7.33. The summed E-state index contributed by atoms with van der Waals surface area (Å²) in [5.41, 5.74) is 0.456. The Morgan fingerprint density at radius 1 is 1.53 bits per heavy atom. The first-order chi connectivity index (χ1) is 8.97. The fourth-order valence-electron chi connectivity index (χ4n) is 1.72. The summed E-state index contributed by atoms with van der Waals surface area (Å²) in [5.74, 6) is -0.512. The van der Waals surface area contributed by atoms with E-state index in [1.54, 1.807) is 18.2 Å². The average molecular weight is 287 g/mol. The standard InChI is InChI=1S/C13H19ClN2O3/c1-16(2)8-7-15-12(13(17)18)11-9(14)5-4-6-10(11)19-3/h4-6,12,15H,7-8H2,1-3H3,(H,17,18). The lowest BCUT2D eigenvalue weighted by molar-refractivity contribution is -0.139. The highest BCUT2D eigenvalue weighted by atomic mass is 35.5. The van der Waals surface area contributed by atoms with Crippen LogP contribution in [-0.2, 0) is 4.79 Å². The summed E-state index contributed by atoms with van der Waals surface area (Å²) in [5, 5.41) is 12.7. The number of carbonyl (C=O) groups is 1. The van der Waals surface area contributed by atoms with Crippen molar-refractivity contribution in [3.05, 3.63) is 28.8 Å². The van der Waals surface area contributed by atoms with Crippen LogP contribution >= 0.6 is 11.6 Å². The van der Waals surface area contributed by atoms with Gasteiger partial charge in [-0.15, -0.1) is 0 Å². The predicted molar refractivity (Wildman–Crippen MR) is 74.9 cm³/mol. The summed E-state index contributed by atoms with van der Waals surface area (Å²) in [6.45, 7) is 1.27. The molecule has 0 saturated heterocycles. The fourth-order valence-corrected chi connectivity index (χ4v) is 2.00. The van der Waals surface area contributed by atoms with Gasteiger partial charge in [0.05, 0.1) is 7.11 Å². The molecule has 6 heteroatoms. The van der Waals surface area contributed by atoms with Gasteiger partial charge in [-0.2, -0.15) is 0 Å². The lowest BCUT2D eigenvalue weighted by Crippen LogP contribution is -2.34. The molecule has 0 aliphatic heterocycles. The Balaban J connectivity index is 2.96. The zero-order chi connectivity index (χ0) is 14.4. The van der Waals surface area contributed by atoms with Crippen molar-refractivity contribution in [1.82, 2.24) is 10.2 Å². The second-order valence-electron chi connectivity index (χ2n) is 4.38. The van der Waals surface area contributed by atoms with Crippen LogP contribution in [0.1, 0.15) is 11.6 Å². The molecule has 1 rings (SSSR count). The summed E-state index contributed by atoms with van der Waals surface area (Å²) in [7, 11) is 5.34. The minimum Gasteiger partial charge on any atom is -0.496 e. The van der Waals surface area contributed by atoms with E-state index < -0.39 is 12.0 Å². The molecule has 0 amide bonds. The van der Waals surface area contributed by atoms with Crippen LogP contribution in [0.15, 0.2) is 18.2 Å². The molecule has 0 heterocycles. The Labute approximate surface area is 118 Å². The van der Waals surface area contributed by atoms with E-state index in [1.165, 1.54) is 7.11 Å². The van der Waals surface area contributed by atoms with E-state index in [0.29, 0.717) is 22.9 Å². The number of hydrogen-bond donors (Lipinski definition) is 2. The molecule has 0 bridgehead atoms. The monoisotopic (exact) mass is 286 g/mol. The third-order valence-corrected chi connectivity index (χ3v) is 3.01. The van der Waals surface area contributed by atoms with Crippen LogP contribution in [0.25, 0.3) is 0 Å². The quantitative estimate of drug-likeness (QED) is 0.798. The number of carboxylic acids is 1. The van der Waals surface area contributed by atoms with E-state index in [0.717, 1.165) is 6.54 Å². The van der Waals surface area contributed by atoms with Gasteiger partial charge in [-0.3, -0.25) is 10.1 Å². The maximum Gasteiger partial charge on any atom is 0.325 e. The minimum atomic E-state index is -0.981. The normalized spacial score (nSPS) is 12.5. The lowest BCUT2D eigenvalue weighted by Gasteiger charge is -2.20. The smallest absolute Gasteiger partial charge is 0.325 e. The van der Waals surface area contributed by atoms with E-state index in [2.05, 4.69) is 5.32 Å². The maximum absolute atomic E-state index is 11.4. The number of ether oxygens (including phenoxy) is 1. The minimum absolute atomic E-state index is 0.379. The molecule has 106 valence electrons. The van der Waals surface area contributed by atoms with Crippen molar-refractivity contribution in [3.8, 4) is 5.75 Å². The van der Waals surface area contributed by atoms with Gasteiger partial charge in [0, 0.05) is 23.7 Å². The number of nitrogens with zero attached hydrogens (tertiary/aromatic N) is 1. The molecular formula is C13H19ClN2O3. The third kappa shape index (κ3) is 4.38. The van der Waals surface area contributed by atoms with Gasteiger partial charge in [0.1, 0.15) is 11.8 Å². The van der Waals surface area contributed by atoms with Gasteiger partial charge in [0.2, 0.25) is 0 Å². The molecule has 19 heavy (non-hydrogen) atoms. The fraction of sp³-hybridized carbons (Fsp3) is 0.462. The number of aliphatic carboxylic acids is 1. The first-order valence-corrected chi connectivity index (χ1v) is 6.28. The zero-order valence-corrected chi connectivity index (χ0v) is 12.1. The Morgan fingerprint density at radius 2 is 2.21 bits per heavy atom. The van der Waals surface area contributed by atoms with Crippen molar-refractivity contribution in [2.45, 2.75) is 6.04 Å². The van der Waals surface area contributed by atoms with E-state index >= 15 is 0 Å². The van der Waals surface area contributed by atoms with Crippen LogP contribution in [-0.4, -0.2) is 50.3 Å². The number of likely N-dealkylation sites (N-methyl/N-ethyl adjacent to an activating group) is 1. The van der Waals surface area contributed by atoms with Crippen LogP contribution in [0.2, 0.25) is 5.02 Å². The highest BCUT2D eigenvalue weighted by Crippen LogP contribution is 2.32. The highest BCUT2D eigenvalue weighted by Gasteiger charge is 2.25. The first kappa shape index (κ1) is 15.8. The van der Waals surface area contributed by atoms with Gasteiger partial charge >= 0.3 is 5.97 Å². The third-order valence-electron chi connectivity index (χ3n) is 2.68. The van der Waals surface area contributed by atoms with Crippen LogP contribution in [0.5, 0.6) is 5.75 Å². The number of methoxy groups -OCH3 is 1. The van der Waals surface area contributed by atoms with E-state index in [9.17, 15) is 9.90 Å². The number of hydrogen-bond acceptors (Lipinski definition) is 4. The lowest BCUT2D eigenvalue weighted by atomic mass is 10.1. The summed E-state index contributed by atoms with van der Waals surface area (Å²) in [6, 6.07) is 4.19. The predicted octanol–water partition coefficient (Wildman–Crippen LogP) is 1.63. The van der Waals surface area contributed by atoms with E-state index in [-0.39, 0.29) is 0 Å². The molecule has 0 aliphatic carbocycles. The van der Waals surface area contributed by atoms with Crippen LogP contribution in [0.3, 0.4) is 0 Å². The summed E-state index contributed by atoms with van der Waals surface area (Å²) in [4.78, 5) is 13.4. The SMILES string of the molecule is COc1cccc(Cl)c1C(NCCN(C)C)C(=O)O. The number of benzene rings is 1. The maximum atomic E-state index is 11.4. The van der Waals surface area contributed by atoms with Crippen molar-refractivity contribution >= 4 is 17.6 Å². The summed E-state index contributed by atoms with van der Waals surface area (Å²) >= 11 is 6.09. The molecule has 1 aromatic rings. The van der Waals surface area contributed by atoms with Crippen molar-refractivity contribution in [1.29, 1.82) is 0 Å². The van der Waals surface area contributed by atoms with Gasteiger partial charge in [-0.25, -0.2) is 0 Å². The van der Waals surface area contributed by atoms with Gasteiger partial charge in [0.15, 0.2) is 0 Å². The number of halogens is 1. The van der Waals surface area contributed by atoms with E-state index in [1.807, 2.05) is 19.0 Å². The zero-order valence-electron chi connectivity index (χ0n) is 11.3. The number of nitrogens with one attached hydrogen (secondary N) is 1. The van der Waals surface area contributed by atoms with Gasteiger partial charge in [0.25, 0.3) is 0 Å².